The highest BCUT2D eigenvalue weighted by Gasteiger charge is 2.11. The van der Waals surface area contributed by atoms with Crippen LogP contribution in [0.15, 0.2) is 23.0 Å². The van der Waals surface area contributed by atoms with E-state index in [0.29, 0.717) is 5.56 Å². The molecule has 2 aromatic rings. The zero-order valence-electron chi connectivity index (χ0n) is 8.52. The number of aryl methyl sites for hydroxylation is 2. The van der Waals surface area contributed by atoms with E-state index in [1.165, 1.54) is 6.20 Å². The highest BCUT2D eigenvalue weighted by atomic mass is 16.5. The molecule has 0 radical (unpaired) electrons. The standard InChI is InChI=1S/C11H10N2O2/c1-7-11(8(2)15-13-7)10-3-9(6-14)4-12-5-10/h3-6H,1-2H3. The van der Waals surface area contributed by atoms with Crippen LogP contribution in [0, 0.1) is 13.8 Å². The number of rotatable bonds is 2. The molecule has 0 aliphatic heterocycles. The number of hydrogen-bond donors (Lipinski definition) is 0. The monoisotopic (exact) mass is 202 g/mol. The molecule has 0 N–H and O–H groups in total. The average Bonchev–Trinajstić information content (AvgIpc) is 2.59. The van der Waals surface area contributed by atoms with Crippen LogP contribution in [0.4, 0.5) is 0 Å². The third-order valence-electron chi connectivity index (χ3n) is 2.22. The van der Waals surface area contributed by atoms with Gasteiger partial charge in [-0.3, -0.25) is 9.78 Å². The Balaban J connectivity index is 2.58. The molecule has 15 heavy (non-hydrogen) atoms. The summed E-state index contributed by atoms with van der Waals surface area (Å²) in [6, 6.07) is 1.77. The number of aromatic nitrogens is 2. The van der Waals surface area contributed by atoms with Crippen molar-refractivity contribution in [1.29, 1.82) is 0 Å². The van der Waals surface area contributed by atoms with E-state index in [2.05, 4.69) is 10.1 Å². The number of hydrogen-bond acceptors (Lipinski definition) is 4. The number of carbonyl (C=O) groups excluding carboxylic acids is 1. The van der Waals surface area contributed by atoms with Crippen LogP contribution in [-0.2, 0) is 0 Å². The summed E-state index contributed by atoms with van der Waals surface area (Å²) < 4.78 is 5.06. The largest absolute Gasteiger partial charge is 0.361 e. The van der Waals surface area contributed by atoms with E-state index in [4.69, 9.17) is 4.52 Å². The Morgan fingerprint density at radius 2 is 2.13 bits per heavy atom. The first kappa shape index (κ1) is 9.58. The van der Waals surface area contributed by atoms with Crippen LogP contribution in [0.2, 0.25) is 0 Å². The quantitative estimate of drug-likeness (QED) is 0.700. The fourth-order valence-electron chi connectivity index (χ4n) is 1.55. The fraction of sp³-hybridized carbons (Fsp3) is 0.182. The summed E-state index contributed by atoms with van der Waals surface area (Å²) in [4.78, 5) is 14.6. The molecule has 0 aliphatic rings. The first-order chi connectivity index (χ1) is 7.22. The van der Waals surface area contributed by atoms with Gasteiger partial charge in [-0.2, -0.15) is 0 Å². The van der Waals surface area contributed by atoms with E-state index in [9.17, 15) is 4.79 Å². The zero-order valence-corrected chi connectivity index (χ0v) is 8.52. The molecule has 0 saturated heterocycles. The summed E-state index contributed by atoms with van der Waals surface area (Å²) in [7, 11) is 0. The van der Waals surface area contributed by atoms with Crippen molar-refractivity contribution in [3.05, 3.63) is 35.5 Å². The van der Waals surface area contributed by atoms with E-state index in [0.717, 1.165) is 28.9 Å². The van der Waals surface area contributed by atoms with Gasteiger partial charge in [-0.05, 0) is 19.9 Å². The SMILES string of the molecule is Cc1noc(C)c1-c1cncc(C=O)c1. The van der Waals surface area contributed by atoms with Crippen molar-refractivity contribution in [2.45, 2.75) is 13.8 Å². The Morgan fingerprint density at radius 3 is 2.73 bits per heavy atom. The van der Waals surface area contributed by atoms with Crippen LogP contribution in [0.1, 0.15) is 21.8 Å². The summed E-state index contributed by atoms with van der Waals surface area (Å²) in [6.45, 7) is 3.70. The highest BCUT2D eigenvalue weighted by molar-refractivity contribution is 5.78. The Morgan fingerprint density at radius 1 is 1.33 bits per heavy atom. The first-order valence-electron chi connectivity index (χ1n) is 4.56. The molecule has 76 valence electrons. The summed E-state index contributed by atoms with van der Waals surface area (Å²) in [5, 5.41) is 3.86. The zero-order chi connectivity index (χ0) is 10.8. The minimum Gasteiger partial charge on any atom is -0.361 e. The van der Waals surface area contributed by atoms with E-state index in [1.54, 1.807) is 12.3 Å². The smallest absolute Gasteiger partial charge is 0.151 e. The molecule has 0 bridgehead atoms. The highest BCUT2D eigenvalue weighted by Crippen LogP contribution is 2.26. The normalized spacial score (nSPS) is 10.3. The van der Waals surface area contributed by atoms with Crippen molar-refractivity contribution in [2.75, 3.05) is 0 Å². The third-order valence-corrected chi connectivity index (χ3v) is 2.22. The number of pyridine rings is 1. The molecule has 0 atom stereocenters. The molecule has 2 heterocycles. The lowest BCUT2D eigenvalue weighted by atomic mass is 10.1. The maximum Gasteiger partial charge on any atom is 0.151 e. The van der Waals surface area contributed by atoms with E-state index < -0.39 is 0 Å². The molecule has 4 heteroatoms. The van der Waals surface area contributed by atoms with Crippen LogP contribution in [-0.4, -0.2) is 16.4 Å². The summed E-state index contributed by atoms with van der Waals surface area (Å²) in [6.07, 6.45) is 3.99. The second-order valence-electron chi connectivity index (χ2n) is 3.32. The molecule has 0 amide bonds. The number of aldehydes is 1. The maximum absolute atomic E-state index is 10.6. The molecular weight excluding hydrogens is 192 g/mol. The molecular formula is C11H10N2O2. The Labute approximate surface area is 86.9 Å². The van der Waals surface area contributed by atoms with Crippen LogP contribution < -0.4 is 0 Å². The predicted molar refractivity (Wildman–Crippen MR) is 54.6 cm³/mol. The van der Waals surface area contributed by atoms with Crippen LogP contribution in [0.25, 0.3) is 11.1 Å². The van der Waals surface area contributed by atoms with Crippen molar-refractivity contribution in [2.24, 2.45) is 0 Å². The molecule has 0 aliphatic carbocycles. The van der Waals surface area contributed by atoms with Gasteiger partial charge in [0.25, 0.3) is 0 Å². The maximum atomic E-state index is 10.6. The predicted octanol–water partition coefficient (Wildman–Crippen LogP) is 2.17. The Kier molecular flexibility index (Phi) is 2.33. The van der Waals surface area contributed by atoms with Gasteiger partial charge in [0.1, 0.15) is 5.76 Å². The average molecular weight is 202 g/mol. The van der Waals surface area contributed by atoms with Gasteiger partial charge in [-0.25, -0.2) is 0 Å². The van der Waals surface area contributed by atoms with Gasteiger partial charge in [-0.15, -0.1) is 0 Å². The lowest BCUT2D eigenvalue weighted by Gasteiger charge is -1.99. The van der Waals surface area contributed by atoms with Gasteiger partial charge in [0, 0.05) is 29.1 Å². The molecule has 0 unspecified atom stereocenters. The van der Waals surface area contributed by atoms with E-state index >= 15 is 0 Å². The molecule has 2 rings (SSSR count). The van der Waals surface area contributed by atoms with Crippen molar-refractivity contribution < 1.29 is 9.32 Å². The van der Waals surface area contributed by atoms with Crippen molar-refractivity contribution in [3.8, 4) is 11.1 Å². The summed E-state index contributed by atoms with van der Waals surface area (Å²) in [5.74, 6) is 0.734. The van der Waals surface area contributed by atoms with Gasteiger partial charge in [0.15, 0.2) is 6.29 Å². The van der Waals surface area contributed by atoms with Crippen LogP contribution >= 0.6 is 0 Å². The lowest BCUT2D eigenvalue weighted by molar-refractivity contribution is 0.112. The Bertz CT molecular complexity index is 484. The van der Waals surface area contributed by atoms with Crippen molar-refractivity contribution in [1.82, 2.24) is 10.1 Å². The lowest BCUT2D eigenvalue weighted by Crippen LogP contribution is -1.87. The fourth-order valence-corrected chi connectivity index (χ4v) is 1.55. The van der Waals surface area contributed by atoms with E-state index in [1.807, 2.05) is 13.8 Å². The molecule has 0 aromatic carbocycles. The van der Waals surface area contributed by atoms with Gasteiger partial charge < -0.3 is 4.52 Å². The van der Waals surface area contributed by atoms with Gasteiger partial charge in [0.2, 0.25) is 0 Å². The van der Waals surface area contributed by atoms with E-state index in [-0.39, 0.29) is 0 Å². The summed E-state index contributed by atoms with van der Waals surface area (Å²) in [5.41, 5.74) is 3.12. The second kappa shape index (κ2) is 3.65. The second-order valence-corrected chi connectivity index (χ2v) is 3.32. The third kappa shape index (κ3) is 1.66. The molecule has 2 aromatic heterocycles. The number of carbonyl (C=O) groups is 1. The minimum atomic E-state index is 0.549. The van der Waals surface area contributed by atoms with Gasteiger partial charge in [-0.1, -0.05) is 5.16 Å². The van der Waals surface area contributed by atoms with Gasteiger partial charge in [0.05, 0.1) is 5.69 Å². The van der Waals surface area contributed by atoms with Crippen molar-refractivity contribution >= 4 is 6.29 Å². The van der Waals surface area contributed by atoms with Crippen LogP contribution in [0.5, 0.6) is 0 Å². The number of nitrogens with zero attached hydrogens (tertiary/aromatic N) is 2. The topological polar surface area (TPSA) is 56.0 Å². The van der Waals surface area contributed by atoms with Gasteiger partial charge >= 0.3 is 0 Å². The Hall–Kier alpha value is -1.97. The summed E-state index contributed by atoms with van der Waals surface area (Å²) >= 11 is 0. The molecule has 0 spiro atoms. The molecule has 0 fully saturated rings. The van der Waals surface area contributed by atoms with Crippen molar-refractivity contribution in [3.63, 3.8) is 0 Å². The molecule has 0 saturated carbocycles. The minimum absolute atomic E-state index is 0.549. The molecule has 4 nitrogen and oxygen atoms in total. The first-order valence-corrected chi connectivity index (χ1v) is 4.56. The van der Waals surface area contributed by atoms with Crippen LogP contribution in [0.3, 0.4) is 0 Å².